The van der Waals surface area contributed by atoms with Crippen molar-refractivity contribution >= 4 is 28.3 Å². The lowest BCUT2D eigenvalue weighted by atomic mass is 10.1. The number of nitro benzene ring substituents is 1. The molecule has 3 aromatic rings. The van der Waals surface area contributed by atoms with Crippen LogP contribution in [-0.2, 0) is 0 Å². The van der Waals surface area contributed by atoms with Crippen LogP contribution in [0.3, 0.4) is 0 Å². The van der Waals surface area contributed by atoms with Crippen LogP contribution >= 0.6 is 0 Å². The Bertz CT molecular complexity index is 1040. The third-order valence-corrected chi connectivity index (χ3v) is 4.51. The number of amides is 1. The highest BCUT2D eigenvalue weighted by molar-refractivity contribution is 6.13. The van der Waals surface area contributed by atoms with E-state index in [-0.39, 0.29) is 11.6 Å². The summed E-state index contributed by atoms with van der Waals surface area (Å²) in [4.78, 5) is 23.5. The molecule has 0 spiro atoms. The Balaban J connectivity index is 1.93. The first kappa shape index (κ1) is 19.4. The molecule has 0 saturated carbocycles. The summed E-state index contributed by atoms with van der Waals surface area (Å²) in [6.07, 6.45) is 1.98. The van der Waals surface area contributed by atoms with Crippen LogP contribution in [0.2, 0.25) is 0 Å². The van der Waals surface area contributed by atoms with Gasteiger partial charge in [-0.1, -0.05) is 19.4 Å². The molecule has 0 aliphatic carbocycles. The largest absolute Gasteiger partial charge is 0.494 e. The lowest BCUT2D eigenvalue weighted by molar-refractivity contribution is -0.384. The maximum atomic E-state index is 12.9. The molecule has 1 amide bonds. The Labute approximate surface area is 162 Å². The number of nitrogens with zero attached hydrogens (tertiary/aromatic N) is 1. The number of nitrogens with one attached hydrogen (secondary N) is 1. The number of hydrogen-bond donors (Lipinski definition) is 1. The number of benzene rings is 2. The third-order valence-electron chi connectivity index (χ3n) is 4.51. The van der Waals surface area contributed by atoms with Gasteiger partial charge in [-0.25, -0.2) is 0 Å². The van der Waals surface area contributed by atoms with Gasteiger partial charge in [0, 0.05) is 17.5 Å². The van der Waals surface area contributed by atoms with Crippen LogP contribution in [-0.4, -0.2) is 17.4 Å². The van der Waals surface area contributed by atoms with Gasteiger partial charge in [0.05, 0.1) is 22.8 Å². The van der Waals surface area contributed by atoms with Crippen LogP contribution in [0.15, 0.2) is 40.8 Å². The number of hydrogen-bond acceptors (Lipinski definition) is 5. The lowest BCUT2D eigenvalue weighted by Crippen LogP contribution is -2.13. The average Bonchev–Trinajstić information content (AvgIpc) is 2.98. The normalized spacial score (nSPS) is 10.8. The van der Waals surface area contributed by atoms with Crippen LogP contribution in [0.5, 0.6) is 5.75 Å². The van der Waals surface area contributed by atoms with E-state index >= 15 is 0 Å². The number of carbonyl (C=O) groups excluding carboxylic acids is 1. The van der Waals surface area contributed by atoms with Gasteiger partial charge in [0.15, 0.2) is 0 Å². The molecular weight excluding hydrogens is 360 g/mol. The summed E-state index contributed by atoms with van der Waals surface area (Å²) in [5.41, 5.74) is 2.01. The summed E-state index contributed by atoms with van der Waals surface area (Å²) in [6.45, 7) is 6.18. The first-order valence-electron chi connectivity index (χ1n) is 9.13. The van der Waals surface area contributed by atoms with Gasteiger partial charge in [-0.15, -0.1) is 0 Å². The third kappa shape index (κ3) is 3.98. The zero-order valence-corrected chi connectivity index (χ0v) is 16.1. The summed E-state index contributed by atoms with van der Waals surface area (Å²) in [5.74, 6) is 0.758. The molecule has 1 heterocycles. The van der Waals surface area contributed by atoms with Gasteiger partial charge in [-0.05, 0) is 44.0 Å². The second-order valence-electron chi connectivity index (χ2n) is 6.60. The lowest BCUT2D eigenvalue weighted by Gasteiger charge is -2.09. The Hall–Kier alpha value is -3.35. The SMILES string of the molecule is CCCCOc1ccc2oc(C)c(C(=O)Nc3cc([N+](=O)[O-])ccc3C)c2c1. The van der Waals surface area contributed by atoms with Crippen LogP contribution in [0, 0.1) is 24.0 Å². The molecule has 7 heteroatoms. The van der Waals surface area contributed by atoms with E-state index in [1.165, 1.54) is 12.1 Å². The van der Waals surface area contributed by atoms with E-state index in [1.54, 1.807) is 32.0 Å². The van der Waals surface area contributed by atoms with E-state index in [0.29, 0.717) is 40.3 Å². The summed E-state index contributed by atoms with van der Waals surface area (Å²) < 4.78 is 11.4. The van der Waals surface area contributed by atoms with Crippen molar-refractivity contribution in [1.82, 2.24) is 0 Å². The van der Waals surface area contributed by atoms with Crippen molar-refractivity contribution in [2.24, 2.45) is 0 Å². The number of non-ortho nitro benzene ring substituents is 1. The summed E-state index contributed by atoms with van der Waals surface area (Å²) in [7, 11) is 0. The van der Waals surface area contributed by atoms with Crippen molar-refractivity contribution in [1.29, 1.82) is 0 Å². The number of nitro groups is 1. The highest BCUT2D eigenvalue weighted by Crippen LogP contribution is 2.31. The smallest absolute Gasteiger partial charge is 0.271 e. The topological polar surface area (TPSA) is 94.6 Å². The van der Waals surface area contributed by atoms with E-state index in [2.05, 4.69) is 12.2 Å². The van der Waals surface area contributed by atoms with Crippen molar-refractivity contribution in [3.05, 3.63) is 63.4 Å². The minimum absolute atomic E-state index is 0.0821. The molecule has 2 aromatic carbocycles. The molecule has 0 saturated heterocycles. The van der Waals surface area contributed by atoms with Gasteiger partial charge in [0.2, 0.25) is 0 Å². The predicted octanol–water partition coefficient (Wildman–Crippen LogP) is 5.39. The van der Waals surface area contributed by atoms with E-state index < -0.39 is 4.92 Å². The number of unbranched alkanes of at least 4 members (excludes halogenated alkanes) is 1. The van der Waals surface area contributed by atoms with Crippen LogP contribution < -0.4 is 10.1 Å². The van der Waals surface area contributed by atoms with Gasteiger partial charge in [-0.2, -0.15) is 0 Å². The number of ether oxygens (including phenoxy) is 1. The van der Waals surface area contributed by atoms with Gasteiger partial charge < -0.3 is 14.5 Å². The fourth-order valence-corrected chi connectivity index (χ4v) is 2.95. The van der Waals surface area contributed by atoms with Crippen molar-refractivity contribution < 1.29 is 18.9 Å². The molecule has 0 bridgehead atoms. The number of rotatable bonds is 7. The quantitative estimate of drug-likeness (QED) is 0.336. The average molecular weight is 382 g/mol. The molecule has 1 aromatic heterocycles. The molecule has 0 atom stereocenters. The van der Waals surface area contributed by atoms with Gasteiger partial charge in [0.1, 0.15) is 17.1 Å². The van der Waals surface area contributed by atoms with E-state index in [1.807, 2.05) is 6.07 Å². The zero-order chi connectivity index (χ0) is 20.3. The van der Waals surface area contributed by atoms with Crippen LogP contribution in [0.25, 0.3) is 11.0 Å². The minimum atomic E-state index is -0.493. The van der Waals surface area contributed by atoms with Crippen molar-refractivity contribution in [2.75, 3.05) is 11.9 Å². The number of furan rings is 1. The Morgan fingerprint density at radius 3 is 2.71 bits per heavy atom. The maximum Gasteiger partial charge on any atom is 0.271 e. The maximum absolute atomic E-state index is 12.9. The summed E-state index contributed by atoms with van der Waals surface area (Å²) in [6, 6.07) is 9.74. The van der Waals surface area contributed by atoms with Crippen molar-refractivity contribution in [3.8, 4) is 5.75 Å². The molecule has 0 radical (unpaired) electrons. The van der Waals surface area contributed by atoms with Gasteiger partial charge in [-0.3, -0.25) is 14.9 Å². The first-order chi connectivity index (χ1) is 13.4. The van der Waals surface area contributed by atoms with Crippen LogP contribution in [0.4, 0.5) is 11.4 Å². The second kappa shape index (κ2) is 8.12. The van der Waals surface area contributed by atoms with E-state index in [4.69, 9.17) is 9.15 Å². The summed E-state index contributed by atoms with van der Waals surface area (Å²) in [5, 5.41) is 14.4. The Morgan fingerprint density at radius 2 is 2.00 bits per heavy atom. The molecular formula is C21H22N2O5. The highest BCUT2D eigenvalue weighted by atomic mass is 16.6. The number of fused-ring (bicyclic) bond motifs is 1. The molecule has 0 aliphatic heterocycles. The van der Waals surface area contributed by atoms with Crippen LogP contribution in [0.1, 0.15) is 41.4 Å². The van der Waals surface area contributed by atoms with Gasteiger partial charge >= 0.3 is 0 Å². The molecule has 7 nitrogen and oxygen atoms in total. The number of carbonyl (C=O) groups is 1. The number of aryl methyl sites for hydroxylation is 2. The molecule has 146 valence electrons. The Morgan fingerprint density at radius 1 is 1.21 bits per heavy atom. The highest BCUT2D eigenvalue weighted by Gasteiger charge is 2.20. The minimum Gasteiger partial charge on any atom is -0.494 e. The Kier molecular flexibility index (Phi) is 5.63. The standard InChI is InChI=1S/C21H22N2O5/c1-4-5-10-27-16-8-9-19-17(12-16)20(14(3)28-19)21(24)22-18-11-15(23(25)26)7-6-13(18)2/h6-9,11-12H,4-5,10H2,1-3H3,(H,22,24). The molecule has 28 heavy (non-hydrogen) atoms. The second-order valence-corrected chi connectivity index (χ2v) is 6.60. The van der Waals surface area contributed by atoms with E-state index in [0.717, 1.165) is 18.4 Å². The molecule has 1 N–H and O–H groups in total. The number of anilines is 1. The predicted molar refractivity (Wildman–Crippen MR) is 107 cm³/mol. The summed E-state index contributed by atoms with van der Waals surface area (Å²) >= 11 is 0. The van der Waals surface area contributed by atoms with Gasteiger partial charge in [0.25, 0.3) is 11.6 Å². The van der Waals surface area contributed by atoms with Crippen molar-refractivity contribution in [3.63, 3.8) is 0 Å². The van der Waals surface area contributed by atoms with Crippen molar-refractivity contribution in [2.45, 2.75) is 33.6 Å². The first-order valence-corrected chi connectivity index (χ1v) is 9.13. The van der Waals surface area contributed by atoms with E-state index in [9.17, 15) is 14.9 Å². The fraction of sp³-hybridized carbons (Fsp3) is 0.286. The molecule has 0 fully saturated rings. The zero-order valence-electron chi connectivity index (χ0n) is 16.1. The molecule has 3 rings (SSSR count). The molecule has 0 aliphatic rings. The molecule has 0 unspecified atom stereocenters. The fourth-order valence-electron chi connectivity index (χ4n) is 2.95. The monoisotopic (exact) mass is 382 g/mol.